The minimum Gasteiger partial charge on any atom is -0.493 e. The highest BCUT2D eigenvalue weighted by atomic mass is 79.9. The molecule has 0 heterocycles. The van der Waals surface area contributed by atoms with Crippen molar-refractivity contribution in [2.24, 2.45) is 0 Å². The Morgan fingerprint density at radius 1 is 1.13 bits per heavy atom. The van der Waals surface area contributed by atoms with Crippen LogP contribution in [0.5, 0.6) is 17.2 Å². The highest BCUT2D eigenvalue weighted by Gasteiger charge is 2.18. The first-order valence-corrected chi connectivity index (χ1v) is 4.92. The number of hydrogen-bond acceptors (Lipinski definition) is 4. The van der Waals surface area contributed by atoms with Crippen LogP contribution in [0.25, 0.3) is 0 Å². The van der Waals surface area contributed by atoms with Crippen LogP contribution in [-0.2, 0) is 0 Å². The summed E-state index contributed by atoms with van der Waals surface area (Å²) >= 11 is 3.26. The molecule has 0 bridgehead atoms. The van der Waals surface area contributed by atoms with E-state index in [1.54, 1.807) is 6.07 Å². The Morgan fingerprint density at radius 3 is 2.13 bits per heavy atom. The standard InChI is InChI=1S/C10H11BrO4/c1-13-7-4-6(5-12)8(11)10(15-3)9(7)14-2/h4-5H,1-3H3. The molecule has 0 aliphatic carbocycles. The van der Waals surface area contributed by atoms with Crippen LogP contribution in [0.3, 0.4) is 0 Å². The number of ether oxygens (including phenoxy) is 3. The van der Waals surface area contributed by atoms with Gasteiger partial charge >= 0.3 is 0 Å². The van der Waals surface area contributed by atoms with Crippen molar-refractivity contribution in [2.45, 2.75) is 0 Å². The number of hydrogen-bond donors (Lipinski definition) is 0. The normalized spacial score (nSPS) is 9.60. The van der Waals surface area contributed by atoms with E-state index in [2.05, 4.69) is 15.9 Å². The van der Waals surface area contributed by atoms with Gasteiger partial charge in [-0.25, -0.2) is 0 Å². The van der Waals surface area contributed by atoms with Gasteiger partial charge in [-0.1, -0.05) is 0 Å². The maximum Gasteiger partial charge on any atom is 0.204 e. The van der Waals surface area contributed by atoms with Gasteiger partial charge in [0, 0.05) is 5.56 Å². The molecule has 82 valence electrons. The molecule has 0 radical (unpaired) electrons. The lowest BCUT2D eigenvalue weighted by molar-refractivity contribution is 0.112. The first kappa shape index (κ1) is 11.8. The first-order chi connectivity index (χ1) is 7.19. The van der Waals surface area contributed by atoms with Crippen LogP contribution in [-0.4, -0.2) is 27.6 Å². The predicted molar refractivity (Wildman–Crippen MR) is 59.2 cm³/mol. The second-order valence-electron chi connectivity index (χ2n) is 2.67. The van der Waals surface area contributed by atoms with Crippen LogP contribution in [0.1, 0.15) is 10.4 Å². The van der Waals surface area contributed by atoms with Crippen molar-refractivity contribution in [1.29, 1.82) is 0 Å². The van der Waals surface area contributed by atoms with Crippen molar-refractivity contribution >= 4 is 22.2 Å². The molecule has 0 aliphatic rings. The molecule has 0 saturated carbocycles. The Kier molecular flexibility index (Phi) is 3.96. The van der Waals surface area contributed by atoms with E-state index in [9.17, 15) is 4.79 Å². The summed E-state index contributed by atoms with van der Waals surface area (Å²) in [6, 6.07) is 1.58. The number of carbonyl (C=O) groups is 1. The minimum absolute atomic E-state index is 0.443. The average molecular weight is 275 g/mol. The molecule has 0 atom stereocenters. The zero-order valence-electron chi connectivity index (χ0n) is 8.67. The van der Waals surface area contributed by atoms with Gasteiger partial charge in [-0.15, -0.1) is 0 Å². The topological polar surface area (TPSA) is 44.8 Å². The van der Waals surface area contributed by atoms with Gasteiger partial charge in [0.25, 0.3) is 0 Å². The van der Waals surface area contributed by atoms with E-state index in [1.807, 2.05) is 0 Å². The molecule has 0 aromatic heterocycles. The lowest BCUT2D eigenvalue weighted by Gasteiger charge is -2.14. The minimum atomic E-state index is 0.443. The fourth-order valence-corrected chi connectivity index (χ4v) is 1.78. The summed E-state index contributed by atoms with van der Waals surface area (Å²) in [4.78, 5) is 10.8. The lowest BCUT2D eigenvalue weighted by atomic mass is 10.2. The molecule has 0 N–H and O–H groups in total. The zero-order chi connectivity index (χ0) is 11.4. The summed E-state index contributed by atoms with van der Waals surface area (Å²) < 4.78 is 15.9. The molecular formula is C10H11BrO4. The van der Waals surface area contributed by atoms with E-state index in [0.29, 0.717) is 33.6 Å². The highest BCUT2D eigenvalue weighted by Crippen LogP contribution is 2.44. The third-order valence-corrected chi connectivity index (χ3v) is 2.74. The van der Waals surface area contributed by atoms with Crippen molar-refractivity contribution in [3.8, 4) is 17.2 Å². The lowest BCUT2D eigenvalue weighted by Crippen LogP contribution is -1.98. The molecule has 1 aromatic carbocycles. The molecule has 0 amide bonds. The SMILES string of the molecule is COc1cc(C=O)c(Br)c(OC)c1OC. The van der Waals surface area contributed by atoms with E-state index < -0.39 is 0 Å². The highest BCUT2D eigenvalue weighted by molar-refractivity contribution is 9.10. The van der Waals surface area contributed by atoms with Gasteiger partial charge in [0.05, 0.1) is 25.8 Å². The van der Waals surface area contributed by atoms with Gasteiger partial charge in [-0.3, -0.25) is 4.79 Å². The van der Waals surface area contributed by atoms with Crippen LogP contribution >= 0.6 is 15.9 Å². The van der Waals surface area contributed by atoms with Crippen LogP contribution < -0.4 is 14.2 Å². The third kappa shape index (κ3) is 2.07. The summed E-state index contributed by atoms with van der Waals surface area (Å²) in [5.74, 6) is 1.36. The van der Waals surface area contributed by atoms with Crippen LogP contribution in [0.15, 0.2) is 10.5 Å². The largest absolute Gasteiger partial charge is 0.493 e. The maximum atomic E-state index is 10.8. The summed E-state index contributed by atoms with van der Waals surface area (Å²) in [5.41, 5.74) is 0.449. The van der Waals surface area contributed by atoms with Crippen LogP contribution in [0.2, 0.25) is 0 Å². The van der Waals surface area contributed by atoms with Crippen LogP contribution in [0.4, 0.5) is 0 Å². The van der Waals surface area contributed by atoms with E-state index in [-0.39, 0.29) is 0 Å². The Morgan fingerprint density at radius 2 is 1.73 bits per heavy atom. The Balaban J connectivity index is 3.49. The molecule has 15 heavy (non-hydrogen) atoms. The van der Waals surface area contributed by atoms with Gasteiger partial charge in [0.1, 0.15) is 0 Å². The molecule has 1 rings (SSSR count). The number of carbonyl (C=O) groups excluding carboxylic acids is 1. The van der Waals surface area contributed by atoms with Crippen molar-refractivity contribution in [1.82, 2.24) is 0 Å². The summed E-state index contributed by atoms with van der Waals surface area (Å²) in [5, 5.41) is 0. The predicted octanol–water partition coefficient (Wildman–Crippen LogP) is 2.29. The number of methoxy groups -OCH3 is 3. The van der Waals surface area contributed by atoms with E-state index in [0.717, 1.165) is 0 Å². The summed E-state index contributed by atoms with van der Waals surface area (Å²) in [7, 11) is 4.50. The quantitative estimate of drug-likeness (QED) is 0.791. The van der Waals surface area contributed by atoms with Gasteiger partial charge in [0.15, 0.2) is 17.8 Å². The zero-order valence-corrected chi connectivity index (χ0v) is 10.3. The summed E-state index contributed by atoms with van der Waals surface area (Å²) in [6.45, 7) is 0. The third-order valence-electron chi connectivity index (χ3n) is 1.92. The Labute approximate surface area is 96.3 Å². The maximum absolute atomic E-state index is 10.8. The fourth-order valence-electron chi connectivity index (χ4n) is 1.23. The van der Waals surface area contributed by atoms with E-state index >= 15 is 0 Å². The Bertz CT molecular complexity index is 376. The van der Waals surface area contributed by atoms with Crippen molar-refractivity contribution in [3.05, 3.63) is 16.1 Å². The molecule has 5 heteroatoms. The van der Waals surface area contributed by atoms with Gasteiger partial charge in [0.2, 0.25) is 5.75 Å². The molecule has 0 fully saturated rings. The number of aldehydes is 1. The number of rotatable bonds is 4. The van der Waals surface area contributed by atoms with Crippen molar-refractivity contribution in [3.63, 3.8) is 0 Å². The molecule has 0 spiro atoms. The molecule has 0 aliphatic heterocycles. The van der Waals surface area contributed by atoms with Crippen LogP contribution in [0, 0.1) is 0 Å². The molecule has 0 unspecified atom stereocenters. The summed E-state index contributed by atoms with van der Waals surface area (Å²) in [6.07, 6.45) is 0.717. The second-order valence-corrected chi connectivity index (χ2v) is 3.46. The number of halogens is 1. The molecule has 4 nitrogen and oxygen atoms in total. The molecule has 1 aromatic rings. The first-order valence-electron chi connectivity index (χ1n) is 4.13. The second kappa shape index (κ2) is 5.02. The fraction of sp³-hybridized carbons (Fsp3) is 0.300. The average Bonchev–Trinajstić information content (AvgIpc) is 2.28. The van der Waals surface area contributed by atoms with E-state index in [1.165, 1.54) is 21.3 Å². The van der Waals surface area contributed by atoms with Gasteiger partial charge < -0.3 is 14.2 Å². The van der Waals surface area contributed by atoms with Gasteiger partial charge in [-0.2, -0.15) is 0 Å². The molecule has 0 saturated heterocycles. The van der Waals surface area contributed by atoms with Crippen molar-refractivity contribution in [2.75, 3.05) is 21.3 Å². The van der Waals surface area contributed by atoms with E-state index in [4.69, 9.17) is 14.2 Å². The monoisotopic (exact) mass is 274 g/mol. The smallest absolute Gasteiger partial charge is 0.204 e. The number of benzene rings is 1. The Hall–Kier alpha value is -1.23. The molecular weight excluding hydrogens is 264 g/mol. The van der Waals surface area contributed by atoms with Crippen molar-refractivity contribution < 1.29 is 19.0 Å². The van der Waals surface area contributed by atoms with Gasteiger partial charge in [-0.05, 0) is 22.0 Å².